The maximum atomic E-state index is 10.2. The summed E-state index contributed by atoms with van der Waals surface area (Å²) in [5, 5.41) is 15.7. The molecule has 0 aromatic carbocycles. The molecule has 0 radical (unpaired) electrons. The first-order valence-corrected chi connectivity index (χ1v) is 4.02. The number of carboxylic acids is 1. The SMILES string of the molecule is O=C(O)Cn1cc(/C=C/Br)nn1. The van der Waals surface area contributed by atoms with E-state index in [1.54, 1.807) is 17.3 Å². The van der Waals surface area contributed by atoms with Gasteiger partial charge in [-0.2, -0.15) is 0 Å². The Morgan fingerprint density at radius 1 is 1.83 bits per heavy atom. The first-order chi connectivity index (χ1) is 5.72. The number of nitrogens with zero attached hydrogens (tertiary/aromatic N) is 3. The Hall–Kier alpha value is -1.17. The van der Waals surface area contributed by atoms with Crippen LogP contribution in [0.15, 0.2) is 11.2 Å². The van der Waals surface area contributed by atoms with Crippen molar-refractivity contribution in [1.29, 1.82) is 0 Å². The molecule has 1 aromatic heterocycles. The molecule has 0 amide bonds. The van der Waals surface area contributed by atoms with E-state index in [4.69, 9.17) is 5.11 Å². The molecule has 0 spiro atoms. The summed E-state index contributed by atoms with van der Waals surface area (Å²) in [4.78, 5) is 11.8. The van der Waals surface area contributed by atoms with Gasteiger partial charge in [0.2, 0.25) is 0 Å². The van der Waals surface area contributed by atoms with Gasteiger partial charge in [-0.25, -0.2) is 4.68 Å². The van der Waals surface area contributed by atoms with Crippen LogP contribution in [0.4, 0.5) is 0 Å². The summed E-state index contributed by atoms with van der Waals surface area (Å²) >= 11 is 3.07. The van der Waals surface area contributed by atoms with E-state index in [-0.39, 0.29) is 6.54 Å². The summed E-state index contributed by atoms with van der Waals surface area (Å²) in [6, 6.07) is 0. The Morgan fingerprint density at radius 3 is 3.17 bits per heavy atom. The fourth-order valence-corrected chi connectivity index (χ4v) is 0.941. The molecule has 0 saturated heterocycles. The fourth-order valence-electron chi connectivity index (χ4n) is 0.670. The third-order valence-corrected chi connectivity index (χ3v) is 1.35. The third kappa shape index (κ3) is 2.46. The summed E-state index contributed by atoms with van der Waals surface area (Å²) in [7, 11) is 0. The first-order valence-electron chi connectivity index (χ1n) is 3.11. The molecule has 5 nitrogen and oxygen atoms in total. The number of halogens is 1. The molecule has 1 heterocycles. The number of hydrogen-bond acceptors (Lipinski definition) is 3. The highest BCUT2D eigenvalue weighted by Crippen LogP contribution is 1.98. The lowest BCUT2D eigenvalue weighted by Gasteiger charge is -1.90. The maximum absolute atomic E-state index is 10.2. The largest absolute Gasteiger partial charge is 0.480 e. The van der Waals surface area contributed by atoms with E-state index in [2.05, 4.69) is 26.2 Å². The minimum Gasteiger partial charge on any atom is -0.480 e. The standard InChI is InChI=1S/C6H6BrN3O2/c7-2-1-5-3-10(9-8-5)4-6(11)12/h1-3H,4H2,(H,11,12)/b2-1+. The number of rotatable bonds is 3. The van der Waals surface area contributed by atoms with E-state index >= 15 is 0 Å². The Morgan fingerprint density at radius 2 is 2.58 bits per heavy atom. The highest BCUT2D eigenvalue weighted by Gasteiger charge is 2.00. The Labute approximate surface area is 76.8 Å². The van der Waals surface area contributed by atoms with Crippen LogP contribution in [0.2, 0.25) is 0 Å². The summed E-state index contributed by atoms with van der Waals surface area (Å²) in [5.74, 6) is -0.936. The smallest absolute Gasteiger partial charge is 0.325 e. The number of hydrogen-bond donors (Lipinski definition) is 1. The van der Waals surface area contributed by atoms with Gasteiger partial charge >= 0.3 is 5.97 Å². The molecule has 0 atom stereocenters. The van der Waals surface area contributed by atoms with Gasteiger partial charge in [0.25, 0.3) is 0 Å². The summed E-state index contributed by atoms with van der Waals surface area (Å²) in [5.41, 5.74) is 0.619. The molecule has 12 heavy (non-hydrogen) atoms. The van der Waals surface area contributed by atoms with Gasteiger partial charge in [-0.15, -0.1) is 5.10 Å². The van der Waals surface area contributed by atoms with Crippen molar-refractivity contribution < 1.29 is 9.90 Å². The quantitative estimate of drug-likeness (QED) is 0.833. The second kappa shape index (κ2) is 4.01. The Bertz CT molecular complexity index is 307. The number of aliphatic carboxylic acids is 1. The van der Waals surface area contributed by atoms with E-state index in [1.165, 1.54) is 4.68 Å². The van der Waals surface area contributed by atoms with Crippen LogP contribution in [0.5, 0.6) is 0 Å². The first kappa shape index (κ1) is 8.92. The zero-order chi connectivity index (χ0) is 8.97. The van der Waals surface area contributed by atoms with Gasteiger partial charge in [-0.3, -0.25) is 4.79 Å². The minimum absolute atomic E-state index is 0.164. The average molecular weight is 232 g/mol. The minimum atomic E-state index is -0.936. The number of carbonyl (C=O) groups is 1. The number of aromatic nitrogens is 3. The highest BCUT2D eigenvalue weighted by atomic mass is 79.9. The van der Waals surface area contributed by atoms with Gasteiger partial charge in [0.15, 0.2) is 0 Å². The van der Waals surface area contributed by atoms with Gasteiger partial charge in [0.05, 0.1) is 6.20 Å². The second-order valence-electron chi connectivity index (χ2n) is 2.03. The molecule has 1 rings (SSSR count). The molecular formula is C6H6BrN3O2. The molecule has 0 aliphatic carbocycles. The molecule has 0 unspecified atom stereocenters. The predicted octanol–water partition coefficient (Wildman–Crippen LogP) is 0.728. The zero-order valence-corrected chi connectivity index (χ0v) is 7.60. The van der Waals surface area contributed by atoms with Crippen molar-refractivity contribution >= 4 is 28.0 Å². The molecule has 1 N–H and O–H groups in total. The van der Waals surface area contributed by atoms with E-state index in [9.17, 15) is 4.79 Å². The molecular weight excluding hydrogens is 226 g/mol. The monoisotopic (exact) mass is 231 g/mol. The van der Waals surface area contributed by atoms with Crippen molar-refractivity contribution in [2.45, 2.75) is 6.54 Å². The molecule has 0 saturated carbocycles. The van der Waals surface area contributed by atoms with Gasteiger partial charge in [0, 0.05) is 0 Å². The lowest BCUT2D eigenvalue weighted by atomic mass is 10.5. The van der Waals surface area contributed by atoms with Gasteiger partial charge in [-0.1, -0.05) is 21.1 Å². The van der Waals surface area contributed by atoms with Gasteiger partial charge < -0.3 is 5.11 Å². The molecule has 0 aliphatic heterocycles. The van der Waals surface area contributed by atoms with Crippen LogP contribution in [-0.2, 0) is 11.3 Å². The van der Waals surface area contributed by atoms with Gasteiger partial charge in [0.1, 0.15) is 12.2 Å². The van der Waals surface area contributed by atoms with Crippen LogP contribution in [0.25, 0.3) is 6.08 Å². The van der Waals surface area contributed by atoms with Crippen LogP contribution in [0.1, 0.15) is 5.69 Å². The number of carboxylic acid groups (broad SMARTS) is 1. The second-order valence-corrected chi connectivity index (χ2v) is 2.56. The fraction of sp³-hybridized carbons (Fsp3) is 0.167. The molecule has 64 valence electrons. The van der Waals surface area contributed by atoms with Crippen molar-refractivity contribution in [3.05, 3.63) is 16.9 Å². The van der Waals surface area contributed by atoms with Crippen molar-refractivity contribution in [2.24, 2.45) is 0 Å². The third-order valence-electron chi connectivity index (χ3n) is 1.09. The van der Waals surface area contributed by atoms with Crippen LogP contribution in [-0.4, -0.2) is 26.1 Å². The van der Waals surface area contributed by atoms with Crippen molar-refractivity contribution in [3.8, 4) is 0 Å². The topological polar surface area (TPSA) is 68.0 Å². The van der Waals surface area contributed by atoms with Crippen LogP contribution in [0, 0.1) is 0 Å². The normalized spacial score (nSPS) is 10.8. The van der Waals surface area contributed by atoms with E-state index < -0.39 is 5.97 Å². The highest BCUT2D eigenvalue weighted by molar-refractivity contribution is 9.11. The van der Waals surface area contributed by atoms with Crippen molar-refractivity contribution in [3.63, 3.8) is 0 Å². The van der Waals surface area contributed by atoms with Crippen molar-refractivity contribution in [1.82, 2.24) is 15.0 Å². The molecule has 0 aliphatic rings. The van der Waals surface area contributed by atoms with E-state index in [0.717, 1.165) is 0 Å². The molecule has 0 bridgehead atoms. The Balaban J connectivity index is 2.70. The van der Waals surface area contributed by atoms with E-state index in [0.29, 0.717) is 5.69 Å². The predicted molar refractivity (Wildman–Crippen MR) is 45.6 cm³/mol. The average Bonchev–Trinajstić information content (AvgIpc) is 2.36. The maximum Gasteiger partial charge on any atom is 0.325 e. The summed E-state index contributed by atoms with van der Waals surface area (Å²) in [6.45, 7) is -0.164. The van der Waals surface area contributed by atoms with Crippen molar-refractivity contribution in [2.75, 3.05) is 0 Å². The van der Waals surface area contributed by atoms with Crippen LogP contribution < -0.4 is 0 Å². The molecule has 1 aromatic rings. The zero-order valence-electron chi connectivity index (χ0n) is 6.01. The summed E-state index contributed by atoms with van der Waals surface area (Å²) < 4.78 is 1.25. The molecule has 0 fully saturated rings. The van der Waals surface area contributed by atoms with Crippen LogP contribution >= 0.6 is 15.9 Å². The lowest BCUT2D eigenvalue weighted by molar-refractivity contribution is -0.137. The van der Waals surface area contributed by atoms with E-state index in [1.807, 2.05) is 0 Å². The Kier molecular flexibility index (Phi) is 2.98. The van der Waals surface area contributed by atoms with Gasteiger partial charge in [-0.05, 0) is 11.1 Å². The summed E-state index contributed by atoms with van der Waals surface area (Å²) in [6.07, 6.45) is 3.22. The lowest BCUT2D eigenvalue weighted by Crippen LogP contribution is -2.08. The van der Waals surface area contributed by atoms with Crippen LogP contribution in [0.3, 0.4) is 0 Å². The molecule has 6 heteroatoms.